The number of nitrogens with zero attached hydrogens (tertiary/aromatic N) is 2. The Morgan fingerprint density at radius 2 is 2.33 bits per heavy atom. The van der Waals surface area contributed by atoms with E-state index in [9.17, 15) is 4.79 Å². The smallest absolute Gasteiger partial charge is 0.365 e. The van der Waals surface area contributed by atoms with Crippen LogP contribution in [-0.4, -0.2) is 15.2 Å². The SMILES string of the molecule is Cc1nn[c-]c(=O)[nH]1.[Rb+]. The molecule has 1 rings (SSSR count). The van der Waals surface area contributed by atoms with E-state index in [0.29, 0.717) is 5.82 Å². The fraction of sp³-hybridized carbons (Fsp3) is 0.250. The van der Waals surface area contributed by atoms with Gasteiger partial charge in [-0.3, -0.25) is 6.20 Å². The van der Waals surface area contributed by atoms with Crippen LogP contribution < -0.4 is 63.7 Å². The Bertz CT molecular complexity index is 233. The van der Waals surface area contributed by atoms with Gasteiger partial charge in [-0.25, -0.2) is 0 Å². The van der Waals surface area contributed by atoms with E-state index in [2.05, 4.69) is 21.4 Å². The normalized spacial score (nSPS) is 8.11. The Morgan fingerprint density at radius 1 is 1.67 bits per heavy atom. The summed E-state index contributed by atoms with van der Waals surface area (Å²) < 4.78 is 0. The Morgan fingerprint density at radius 3 is 2.67 bits per heavy atom. The zero-order valence-electron chi connectivity index (χ0n) is 5.30. The van der Waals surface area contributed by atoms with Crippen molar-refractivity contribution in [3.8, 4) is 0 Å². The first-order valence-electron chi connectivity index (χ1n) is 2.10. The molecule has 0 fully saturated rings. The number of rotatable bonds is 0. The Balaban J connectivity index is 0.000000640. The summed E-state index contributed by atoms with van der Waals surface area (Å²) in [6.45, 7) is 1.65. The second-order valence-electron chi connectivity index (χ2n) is 1.35. The van der Waals surface area contributed by atoms with E-state index in [-0.39, 0.29) is 63.7 Å². The van der Waals surface area contributed by atoms with E-state index in [0.717, 1.165) is 0 Å². The summed E-state index contributed by atoms with van der Waals surface area (Å²) in [4.78, 5) is 12.7. The standard InChI is InChI=1S/C4H4N3O.Rb/c1-3-6-4(8)2-5-7-3;/h1H3,(H,6,7,8);/q-1;+1. The maximum Gasteiger partial charge on any atom is 1.00 e. The first-order valence-corrected chi connectivity index (χ1v) is 2.10. The molecule has 0 spiro atoms. The van der Waals surface area contributed by atoms with Crippen molar-refractivity contribution in [1.29, 1.82) is 0 Å². The van der Waals surface area contributed by atoms with Crippen molar-refractivity contribution in [2.45, 2.75) is 6.92 Å². The molecule has 5 heteroatoms. The molecule has 0 aromatic carbocycles. The van der Waals surface area contributed by atoms with Gasteiger partial charge in [-0.2, -0.15) is 5.10 Å². The van der Waals surface area contributed by atoms with Gasteiger partial charge in [0.25, 0.3) is 0 Å². The molecule has 0 bridgehead atoms. The topological polar surface area (TPSA) is 58.6 Å². The summed E-state index contributed by atoms with van der Waals surface area (Å²) >= 11 is 0. The van der Waals surface area contributed by atoms with E-state index in [1.807, 2.05) is 0 Å². The van der Waals surface area contributed by atoms with Gasteiger partial charge >= 0.3 is 58.2 Å². The predicted molar refractivity (Wildman–Crippen MR) is 26.2 cm³/mol. The van der Waals surface area contributed by atoms with Crippen molar-refractivity contribution < 1.29 is 58.2 Å². The Kier molecular flexibility index (Phi) is 4.74. The summed E-state index contributed by atoms with van der Waals surface area (Å²) in [5, 5.41) is 6.74. The average molecular weight is 196 g/mol. The van der Waals surface area contributed by atoms with E-state index in [1.165, 1.54) is 0 Å². The van der Waals surface area contributed by atoms with E-state index >= 15 is 0 Å². The van der Waals surface area contributed by atoms with Gasteiger partial charge in [-0.15, -0.1) is 0 Å². The van der Waals surface area contributed by atoms with E-state index in [1.54, 1.807) is 6.92 Å². The minimum absolute atomic E-state index is 0. The molecule has 0 aliphatic heterocycles. The van der Waals surface area contributed by atoms with Crippen LogP contribution in [-0.2, 0) is 0 Å². The molecular formula is C4H4N3ORb. The molecule has 9 heavy (non-hydrogen) atoms. The molecule has 1 N–H and O–H groups in total. The van der Waals surface area contributed by atoms with Crippen LogP contribution in [0, 0.1) is 13.1 Å². The van der Waals surface area contributed by atoms with Crippen LogP contribution >= 0.6 is 0 Å². The molecule has 0 aliphatic carbocycles. The average Bonchev–Trinajstić information content (AvgIpc) is 1.64. The summed E-state index contributed by atoms with van der Waals surface area (Å²) in [5.74, 6) is 0.508. The summed E-state index contributed by atoms with van der Waals surface area (Å²) in [7, 11) is 0. The Hall–Kier alpha value is 0.615. The van der Waals surface area contributed by atoms with Gasteiger partial charge < -0.3 is 14.9 Å². The molecule has 0 saturated carbocycles. The number of aryl methyl sites for hydroxylation is 1. The van der Waals surface area contributed by atoms with Crippen LogP contribution in [0.3, 0.4) is 0 Å². The molecule has 1 heterocycles. The third-order valence-corrected chi connectivity index (χ3v) is 0.646. The van der Waals surface area contributed by atoms with Gasteiger partial charge in [0.1, 0.15) is 5.82 Å². The minimum Gasteiger partial charge on any atom is -0.365 e. The number of aromatic nitrogens is 3. The van der Waals surface area contributed by atoms with Crippen molar-refractivity contribution >= 4 is 0 Å². The second kappa shape index (κ2) is 4.43. The molecule has 0 unspecified atom stereocenters. The molecule has 42 valence electrons. The van der Waals surface area contributed by atoms with E-state index in [4.69, 9.17) is 0 Å². The van der Waals surface area contributed by atoms with Gasteiger partial charge in [0.2, 0.25) is 0 Å². The molecule has 0 saturated heterocycles. The number of nitrogens with one attached hydrogen (secondary N) is 1. The summed E-state index contributed by atoms with van der Waals surface area (Å²) in [6.07, 6.45) is 2.10. The van der Waals surface area contributed by atoms with Gasteiger partial charge in [0.05, 0.1) is 5.56 Å². The largest absolute Gasteiger partial charge is 1.00 e. The fourth-order valence-corrected chi connectivity index (χ4v) is 0.363. The van der Waals surface area contributed by atoms with Crippen LogP contribution in [0.5, 0.6) is 0 Å². The van der Waals surface area contributed by atoms with Crippen molar-refractivity contribution in [2.75, 3.05) is 0 Å². The molecule has 1 aromatic heterocycles. The number of hydrogen-bond acceptors (Lipinski definition) is 3. The van der Waals surface area contributed by atoms with Gasteiger partial charge in [-0.1, -0.05) is 0 Å². The summed E-state index contributed by atoms with van der Waals surface area (Å²) in [6, 6.07) is 0. The second-order valence-corrected chi connectivity index (χ2v) is 1.35. The van der Waals surface area contributed by atoms with Gasteiger partial charge in [0.15, 0.2) is 0 Å². The number of hydrogen-bond donors (Lipinski definition) is 1. The zero-order chi connectivity index (χ0) is 5.98. The third kappa shape index (κ3) is 3.35. The zero-order valence-corrected chi connectivity index (χ0v) is 10.2. The number of aromatic amines is 1. The van der Waals surface area contributed by atoms with Crippen LogP contribution in [0.15, 0.2) is 4.79 Å². The first kappa shape index (κ1) is 9.62. The van der Waals surface area contributed by atoms with Crippen molar-refractivity contribution in [2.24, 2.45) is 0 Å². The molecular weight excluding hydrogens is 192 g/mol. The molecule has 4 nitrogen and oxygen atoms in total. The number of H-pyrrole nitrogens is 1. The monoisotopic (exact) mass is 195 g/mol. The predicted octanol–water partition coefficient (Wildman–Crippen LogP) is -3.72. The molecule has 1 aromatic rings. The van der Waals surface area contributed by atoms with Crippen molar-refractivity contribution in [3.05, 3.63) is 22.4 Å². The maximum atomic E-state index is 10.3. The molecule has 0 amide bonds. The summed E-state index contributed by atoms with van der Waals surface area (Å²) in [5.41, 5.74) is -0.336. The molecule has 0 atom stereocenters. The van der Waals surface area contributed by atoms with Crippen molar-refractivity contribution in [1.82, 2.24) is 15.2 Å². The molecule has 0 aliphatic rings. The quantitative estimate of drug-likeness (QED) is 0.433. The Labute approximate surface area is 101 Å². The fourth-order valence-electron chi connectivity index (χ4n) is 0.363. The van der Waals surface area contributed by atoms with Crippen LogP contribution in [0.1, 0.15) is 5.82 Å². The van der Waals surface area contributed by atoms with E-state index < -0.39 is 0 Å². The van der Waals surface area contributed by atoms with Crippen LogP contribution in [0.2, 0.25) is 0 Å². The first-order chi connectivity index (χ1) is 3.79. The van der Waals surface area contributed by atoms with Gasteiger partial charge in [-0.05, 0) is 6.92 Å². The molecule has 0 radical (unpaired) electrons. The van der Waals surface area contributed by atoms with Crippen molar-refractivity contribution in [3.63, 3.8) is 0 Å². The maximum absolute atomic E-state index is 10.3. The van der Waals surface area contributed by atoms with Crippen LogP contribution in [0.25, 0.3) is 0 Å². The van der Waals surface area contributed by atoms with Crippen LogP contribution in [0.4, 0.5) is 0 Å². The van der Waals surface area contributed by atoms with Gasteiger partial charge in [0, 0.05) is 0 Å². The minimum atomic E-state index is -0.336. The third-order valence-electron chi connectivity index (χ3n) is 0.646.